The van der Waals surface area contributed by atoms with Gasteiger partial charge in [-0.05, 0) is 6.54 Å². The van der Waals surface area contributed by atoms with Crippen molar-refractivity contribution in [2.75, 3.05) is 19.6 Å². The van der Waals surface area contributed by atoms with Gasteiger partial charge in [0, 0.05) is 25.1 Å². The Morgan fingerprint density at radius 2 is 2.35 bits per heavy atom. The molecule has 0 bridgehead atoms. The minimum absolute atomic E-state index is 0.0229. The number of pyridine rings is 1. The van der Waals surface area contributed by atoms with Crippen LogP contribution < -0.4 is 4.74 Å². The van der Waals surface area contributed by atoms with Gasteiger partial charge in [0.15, 0.2) is 6.10 Å². The van der Waals surface area contributed by atoms with Gasteiger partial charge in [-0.3, -0.25) is 15.0 Å². The zero-order valence-corrected chi connectivity index (χ0v) is 11.0. The molecule has 0 radical (unpaired) electrons. The van der Waals surface area contributed by atoms with Gasteiger partial charge in [-0.25, -0.2) is 13.8 Å². The Kier molecular flexibility index (Phi) is 4.12. The van der Waals surface area contributed by atoms with Crippen LogP contribution in [0.3, 0.4) is 0 Å². The Morgan fingerprint density at radius 3 is 2.85 bits per heavy atom. The van der Waals surface area contributed by atoms with E-state index < -0.39 is 16.9 Å². The van der Waals surface area contributed by atoms with Crippen LogP contribution in [0, 0.1) is 10.1 Å². The van der Waals surface area contributed by atoms with E-state index in [4.69, 9.17) is 4.74 Å². The molecule has 1 aliphatic heterocycles. The fourth-order valence-corrected chi connectivity index (χ4v) is 2.10. The highest BCUT2D eigenvalue weighted by Crippen LogP contribution is 2.30. The first kappa shape index (κ1) is 14.6. The van der Waals surface area contributed by atoms with Crippen LogP contribution in [0.5, 0.6) is 5.88 Å². The molecule has 8 heteroatoms. The predicted octanol–water partition coefficient (Wildman–Crippen LogP) is 2.10. The van der Waals surface area contributed by atoms with Gasteiger partial charge in [0.1, 0.15) is 6.20 Å². The molecule has 0 amide bonds. The summed E-state index contributed by atoms with van der Waals surface area (Å²) in [6.07, 6.45) is -0.0620. The number of rotatable bonds is 4. The number of alkyl halides is 2. The lowest BCUT2D eigenvalue weighted by molar-refractivity contribution is -0.385. The SMILES string of the molecule is CCN1CC[C@H](Oc2ccc([N+](=O)[O-])cn2)C(F)(F)C1. The Hall–Kier alpha value is -1.83. The van der Waals surface area contributed by atoms with Gasteiger partial charge >= 0.3 is 0 Å². The first-order valence-electron chi connectivity index (χ1n) is 6.29. The summed E-state index contributed by atoms with van der Waals surface area (Å²) >= 11 is 0. The molecule has 1 saturated heterocycles. The van der Waals surface area contributed by atoms with E-state index in [0.29, 0.717) is 13.1 Å². The molecule has 6 nitrogen and oxygen atoms in total. The molecular weight excluding hydrogens is 272 g/mol. The van der Waals surface area contributed by atoms with Crippen molar-refractivity contribution in [2.45, 2.75) is 25.4 Å². The molecular formula is C12H15F2N3O3. The number of aromatic nitrogens is 1. The quantitative estimate of drug-likeness (QED) is 0.626. The molecule has 1 aromatic rings. The van der Waals surface area contributed by atoms with Crippen LogP contribution in [-0.2, 0) is 0 Å². The Balaban J connectivity index is 2.04. The fourth-order valence-electron chi connectivity index (χ4n) is 2.10. The van der Waals surface area contributed by atoms with Crippen LogP contribution in [0.2, 0.25) is 0 Å². The second kappa shape index (κ2) is 5.66. The summed E-state index contributed by atoms with van der Waals surface area (Å²) in [4.78, 5) is 15.2. The van der Waals surface area contributed by atoms with E-state index in [0.717, 1.165) is 6.20 Å². The topological polar surface area (TPSA) is 68.5 Å². The van der Waals surface area contributed by atoms with Crippen LogP contribution in [-0.4, -0.2) is 46.5 Å². The van der Waals surface area contributed by atoms with Gasteiger partial charge in [-0.2, -0.15) is 0 Å². The maximum atomic E-state index is 13.9. The highest BCUT2D eigenvalue weighted by Gasteiger charge is 2.46. The van der Waals surface area contributed by atoms with Gasteiger partial charge in [0.25, 0.3) is 11.6 Å². The summed E-state index contributed by atoms with van der Waals surface area (Å²) in [6, 6.07) is 2.42. The predicted molar refractivity (Wildman–Crippen MR) is 67.0 cm³/mol. The molecule has 0 spiro atoms. The molecule has 0 unspecified atom stereocenters. The molecule has 0 aliphatic carbocycles. The zero-order chi connectivity index (χ0) is 14.8. The Morgan fingerprint density at radius 1 is 1.60 bits per heavy atom. The zero-order valence-electron chi connectivity index (χ0n) is 11.0. The van der Waals surface area contributed by atoms with Crippen molar-refractivity contribution >= 4 is 5.69 Å². The minimum Gasteiger partial charge on any atom is -0.468 e. The van der Waals surface area contributed by atoms with E-state index in [-0.39, 0.29) is 24.5 Å². The van der Waals surface area contributed by atoms with Crippen LogP contribution in [0.25, 0.3) is 0 Å². The fraction of sp³-hybridized carbons (Fsp3) is 0.583. The minimum atomic E-state index is -2.96. The van der Waals surface area contributed by atoms with Crippen molar-refractivity contribution in [1.29, 1.82) is 0 Å². The van der Waals surface area contributed by atoms with Crippen LogP contribution in [0.4, 0.5) is 14.5 Å². The smallest absolute Gasteiger partial charge is 0.296 e. The second-order valence-corrected chi connectivity index (χ2v) is 4.64. The summed E-state index contributed by atoms with van der Waals surface area (Å²) in [7, 11) is 0. The summed E-state index contributed by atoms with van der Waals surface area (Å²) in [5.41, 5.74) is -0.204. The number of piperidine rings is 1. The third-order valence-corrected chi connectivity index (χ3v) is 3.25. The van der Waals surface area contributed by atoms with Crippen LogP contribution >= 0.6 is 0 Å². The molecule has 1 aliphatic rings. The highest BCUT2D eigenvalue weighted by molar-refractivity contribution is 5.29. The van der Waals surface area contributed by atoms with Crippen molar-refractivity contribution in [3.8, 4) is 5.88 Å². The standard InChI is InChI=1S/C12H15F2N3O3/c1-2-16-6-5-10(12(13,14)8-16)20-11-4-3-9(7-15-11)17(18)19/h3-4,7,10H,2,5-6,8H2,1H3/t10-/m0/s1. The molecule has 20 heavy (non-hydrogen) atoms. The lowest BCUT2D eigenvalue weighted by Crippen LogP contribution is -2.53. The Labute approximate surface area is 114 Å². The summed E-state index contributed by atoms with van der Waals surface area (Å²) in [5, 5.41) is 10.5. The van der Waals surface area contributed by atoms with E-state index in [1.807, 2.05) is 6.92 Å². The number of hydrogen-bond donors (Lipinski definition) is 0. The summed E-state index contributed by atoms with van der Waals surface area (Å²) < 4.78 is 33.0. The van der Waals surface area contributed by atoms with Gasteiger partial charge in [-0.15, -0.1) is 0 Å². The van der Waals surface area contributed by atoms with E-state index in [2.05, 4.69) is 4.98 Å². The third-order valence-electron chi connectivity index (χ3n) is 3.25. The largest absolute Gasteiger partial charge is 0.468 e. The number of nitro groups is 1. The van der Waals surface area contributed by atoms with E-state index >= 15 is 0 Å². The number of ether oxygens (including phenoxy) is 1. The maximum Gasteiger partial charge on any atom is 0.296 e. The van der Waals surface area contributed by atoms with Crippen molar-refractivity contribution in [2.24, 2.45) is 0 Å². The molecule has 1 fully saturated rings. The average molecular weight is 287 g/mol. The first-order valence-corrected chi connectivity index (χ1v) is 6.29. The molecule has 1 atom stereocenters. The molecule has 0 saturated carbocycles. The van der Waals surface area contributed by atoms with Gasteiger partial charge < -0.3 is 4.74 Å². The van der Waals surface area contributed by atoms with Crippen molar-refractivity contribution in [3.05, 3.63) is 28.4 Å². The molecule has 1 aromatic heterocycles. The van der Waals surface area contributed by atoms with Crippen molar-refractivity contribution in [3.63, 3.8) is 0 Å². The third kappa shape index (κ3) is 3.19. The van der Waals surface area contributed by atoms with Gasteiger partial charge in [-0.1, -0.05) is 6.92 Å². The number of hydrogen-bond acceptors (Lipinski definition) is 5. The molecule has 110 valence electrons. The second-order valence-electron chi connectivity index (χ2n) is 4.64. The van der Waals surface area contributed by atoms with Crippen LogP contribution in [0.15, 0.2) is 18.3 Å². The van der Waals surface area contributed by atoms with Gasteiger partial charge in [0.05, 0.1) is 11.5 Å². The number of nitrogens with zero attached hydrogens (tertiary/aromatic N) is 3. The molecule has 2 rings (SSSR count). The molecule has 0 N–H and O–H groups in total. The van der Waals surface area contributed by atoms with E-state index in [1.54, 1.807) is 4.90 Å². The lowest BCUT2D eigenvalue weighted by atomic mass is 10.0. The number of halogens is 2. The monoisotopic (exact) mass is 287 g/mol. The Bertz CT molecular complexity index is 481. The maximum absolute atomic E-state index is 13.9. The van der Waals surface area contributed by atoms with Crippen molar-refractivity contribution in [1.82, 2.24) is 9.88 Å². The summed E-state index contributed by atoms with van der Waals surface area (Å²) in [5.74, 6) is -2.98. The van der Waals surface area contributed by atoms with Crippen LogP contribution in [0.1, 0.15) is 13.3 Å². The average Bonchev–Trinajstić information content (AvgIpc) is 2.41. The summed E-state index contributed by atoms with van der Waals surface area (Å²) in [6.45, 7) is 2.58. The highest BCUT2D eigenvalue weighted by atomic mass is 19.3. The van der Waals surface area contributed by atoms with Crippen molar-refractivity contribution < 1.29 is 18.4 Å². The number of likely N-dealkylation sites (tertiary alicyclic amines) is 1. The molecule has 2 heterocycles. The first-order chi connectivity index (χ1) is 9.42. The normalized spacial score (nSPS) is 22.4. The van der Waals surface area contributed by atoms with E-state index in [1.165, 1.54) is 12.1 Å². The molecule has 0 aromatic carbocycles. The van der Waals surface area contributed by atoms with Gasteiger partial charge in [0.2, 0.25) is 5.88 Å². The van der Waals surface area contributed by atoms with E-state index in [9.17, 15) is 18.9 Å². The lowest BCUT2D eigenvalue weighted by Gasteiger charge is -2.37.